The van der Waals surface area contributed by atoms with Crippen molar-refractivity contribution >= 4 is 23.4 Å². The molecule has 1 saturated carbocycles. The van der Waals surface area contributed by atoms with Gasteiger partial charge in [0.05, 0.1) is 22.4 Å². The molecule has 1 fully saturated rings. The molecule has 0 bridgehead atoms. The number of tetrazole rings is 1. The molecular weight excluding hydrogens is 360 g/mol. The number of halogens is 1. The molecule has 0 saturated heterocycles. The van der Waals surface area contributed by atoms with Crippen molar-refractivity contribution in [3.05, 3.63) is 35.1 Å². The van der Waals surface area contributed by atoms with Crippen LogP contribution in [-0.2, 0) is 5.75 Å². The van der Waals surface area contributed by atoms with Crippen molar-refractivity contribution in [2.24, 2.45) is 0 Å². The molecule has 0 atom stereocenters. The fourth-order valence-corrected chi connectivity index (χ4v) is 4.03. The number of hydrogen-bond donors (Lipinski definition) is 0. The van der Waals surface area contributed by atoms with Crippen LogP contribution in [0, 0.1) is 0 Å². The second kappa shape index (κ2) is 7.53. The van der Waals surface area contributed by atoms with Gasteiger partial charge in [0.1, 0.15) is 0 Å². The summed E-state index contributed by atoms with van der Waals surface area (Å²) < 4.78 is 7.27. The van der Waals surface area contributed by atoms with Crippen molar-refractivity contribution in [1.82, 2.24) is 30.3 Å². The van der Waals surface area contributed by atoms with E-state index in [0.717, 1.165) is 23.6 Å². The average molecular weight is 377 g/mol. The van der Waals surface area contributed by atoms with Gasteiger partial charge in [-0.25, -0.2) is 4.68 Å². The van der Waals surface area contributed by atoms with Gasteiger partial charge < -0.3 is 4.52 Å². The molecule has 0 spiro atoms. The molecule has 1 aromatic carbocycles. The molecule has 0 radical (unpaired) electrons. The van der Waals surface area contributed by atoms with E-state index in [0.29, 0.717) is 28.5 Å². The summed E-state index contributed by atoms with van der Waals surface area (Å²) in [5.74, 6) is 1.56. The minimum absolute atomic E-state index is 0.398. The van der Waals surface area contributed by atoms with Crippen molar-refractivity contribution in [3.8, 4) is 11.5 Å². The van der Waals surface area contributed by atoms with Crippen LogP contribution >= 0.6 is 23.4 Å². The molecule has 0 aliphatic heterocycles. The summed E-state index contributed by atoms with van der Waals surface area (Å²) in [6, 6.07) is 7.81. The molecule has 2 heterocycles. The lowest BCUT2D eigenvalue weighted by atomic mass is 9.96. The topological polar surface area (TPSA) is 82.5 Å². The summed E-state index contributed by atoms with van der Waals surface area (Å²) in [6.45, 7) is 0. The molecule has 0 amide bonds. The second-order valence-corrected chi connectivity index (χ2v) is 7.33. The average Bonchev–Trinajstić information content (AvgIpc) is 3.30. The summed E-state index contributed by atoms with van der Waals surface area (Å²) in [5, 5.41) is 17.6. The molecule has 9 heteroatoms. The van der Waals surface area contributed by atoms with E-state index >= 15 is 0 Å². The Morgan fingerprint density at radius 3 is 2.88 bits per heavy atom. The summed E-state index contributed by atoms with van der Waals surface area (Å²) in [6.07, 6.45) is 6.05. The summed E-state index contributed by atoms with van der Waals surface area (Å²) in [4.78, 5) is 4.42. The first kappa shape index (κ1) is 16.5. The van der Waals surface area contributed by atoms with E-state index in [2.05, 4.69) is 25.7 Å². The highest BCUT2D eigenvalue weighted by Gasteiger charge is 2.21. The molecular formula is C16H17ClN6OS. The van der Waals surface area contributed by atoms with E-state index in [1.54, 1.807) is 6.07 Å². The first-order valence-corrected chi connectivity index (χ1v) is 9.66. The van der Waals surface area contributed by atoms with Gasteiger partial charge in [-0.3, -0.25) is 0 Å². The Hall–Kier alpha value is -1.93. The zero-order valence-electron chi connectivity index (χ0n) is 13.5. The molecule has 0 N–H and O–H groups in total. The van der Waals surface area contributed by atoms with Crippen molar-refractivity contribution < 1.29 is 4.52 Å². The summed E-state index contributed by atoms with van der Waals surface area (Å²) >= 11 is 7.69. The molecule has 25 heavy (non-hydrogen) atoms. The van der Waals surface area contributed by atoms with E-state index < -0.39 is 0 Å². The largest absolute Gasteiger partial charge is 0.334 e. The fraction of sp³-hybridized carbons (Fsp3) is 0.438. The van der Waals surface area contributed by atoms with Gasteiger partial charge in [0.25, 0.3) is 5.89 Å². The highest BCUT2D eigenvalue weighted by Crippen LogP contribution is 2.31. The van der Waals surface area contributed by atoms with Crippen LogP contribution < -0.4 is 0 Å². The number of thioether (sulfide) groups is 1. The molecule has 3 aromatic rings. The first-order valence-electron chi connectivity index (χ1n) is 8.29. The van der Waals surface area contributed by atoms with Gasteiger partial charge in [-0.15, -0.1) is 5.10 Å². The van der Waals surface area contributed by atoms with Crippen LogP contribution in [0.1, 0.15) is 44.0 Å². The van der Waals surface area contributed by atoms with Gasteiger partial charge in [-0.1, -0.05) is 59.9 Å². The van der Waals surface area contributed by atoms with Crippen LogP contribution in [0.15, 0.2) is 33.9 Å². The van der Waals surface area contributed by atoms with Gasteiger partial charge in [-0.05, 0) is 35.4 Å². The summed E-state index contributed by atoms with van der Waals surface area (Å²) in [5.41, 5.74) is 0.736. The molecule has 130 valence electrons. The van der Waals surface area contributed by atoms with Gasteiger partial charge in [0.15, 0.2) is 5.82 Å². The Morgan fingerprint density at radius 1 is 1.20 bits per heavy atom. The standard InChI is InChI=1S/C16H17ClN6OS/c17-13-9-5-4-8-12(13)15-18-14(20-24-15)10-25-16-19-21-22-23(16)11-6-2-1-3-7-11/h4-5,8-9,11H,1-3,6-7,10H2. The molecule has 0 unspecified atom stereocenters. The fourth-order valence-electron chi connectivity index (χ4n) is 3.02. The smallest absolute Gasteiger partial charge is 0.259 e. The number of hydrogen-bond acceptors (Lipinski definition) is 7. The quantitative estimate of drug-likeness (QED) is 0.618. The van der Waals surface area contributed by atoms with Crippen LogP contribution in [0.4, 0.5) is 0 Å². The van der Waals surface area contributed by atoms with E-state index in [4.69, 9.17) is 16.1 Å². The molecule has 7 nitrogen and oxygen atoms in total. The third-order valence-electron chi connectivity index (χ3n) is 4.29. The third kappa shape index (κ3) is 3.69. The minimum atomic E-state index is 0.398. The van der Waals surface area contributed by atoms with Crippen molar-refractivity contribution in [2.45, 2.75) is 49.1 Å². The van der Waals surface area contributed by atoms with E-state index in [-0.39, 0.29) is 0 Å². The Morgan fingerprint density at radius 2 is 2.04 bits per heavy atom. The van der Waals surface area contributed by atoms with Gasteiger partial charge in [0.2, 0.25) is 5.16 Å². The van der Waals surface area contributed by atoms with Crippen LogP contribution in [0.5, 0.6) is 0 Å². The van der Waals surface area contributed by atoms with E-state index in [1.807, 2.05) is 22.9 Å². The Bertz CT molecular complexity index is 845. The predicted molar refractivity (Wildman–Crippen MR) is 94.2 cm³/mol. The zero-order valence-corrected chi connectivity index (χ0v) is 15.1. The lowest BCUT2D eigenvalue weighted by Gasteiger charge is -2.21. The van der Waals surface area contributed by atoms with E-state index in [9.17, 15) is 0 Å². The number of aromatic nitrogens is 6. The number of nitrogens with zero attached hydrogens (tertiary/aromatic N) is 6. The Labute approximate surface area is 154 Å². The van der Waals surface area contributed by atoms with Crippen LogP contribution in [0.2, 0.25) is 5.02 Å². The predicted octanol–water partition coefficient (Wildman–Crippen LogP) is 4.17. The number of rotatable bonds is 5. The van der Waals surface area contributed by atoms with Gasteiger partial charge in [0, 0.05) is 0 Å². The maximum atomic E-state index is 6.17. The molecule has 1 aliphatic rings. The van der Waals surface area contributed by atoms with Crippen molar-refractivity contribution in [1.29, 1.82) is 0 Å². The highest BCUT2D eigenvalue weighted by atomic mass is 35.5. The van der Waals surface area contributed by atoms with Crippen LogP contribution in [-0.4, -0.2) is 30.3 Å². The maximum Gasteiger partial charge on any atom is 0.259 e. The maximum absolute atomic E-state index is 6.17. The Kier molecular flexibility index (Phi) is 4.98. The lowest BCUT2D eigenvalue weighted by Crippen LogP contribution is -2.15. The minimum Gasteiger partial charge on any atom is -0.334 e. The third-order valence-corrected chi connectivity index (χ3v) is 5.54. The lowest BCUT2D eigenvalue weighted by molar-refractivity contribution is 0.307. The Balaban J connectivity index is 1.44. The van der Waals surface area contributed by atoms with E-state index in [1.165, 1.54) is 31.0 Å². The zero-order chi connectivity index (χ0) is 17.1. The second-order valence-electron chi connectivity index (χ2n) is 5.98. The normalized spacial score (nSPS) is 15.6. The van der Waals surface area contributed by atoms with Crippen molar-refractivity contribution in [2.75, 3.05) is 0 Å². The number of benzene rings is 1. The molecule has 2 aromatic heterocycles. The van der Waals surface area contributed by atoms with Crippen LogP contribution in [0.3, 0.4) is 0 Å². The van der Waals surface area contributed by atoms with Crippen LogP contribution in [0.25, 0.3) is 11.5 Å². The first-order chi connectivity index (χ1) is 12.3. The van der Waals surface area contributed by atoms with Gasteiger partial charge >= 0.3 is 0 Å². The monoisotopic (exact) mass is 376 g/mol. The van der Waals surface area contributed by atoms with Gasteiger partial charge in [-0.2, -0.15) is 4.98 Å². The highest BCUT2D eigenvalue weighted by molar-refractivity contribution is 7.98. The molecule has 4 rings (SSSR count). The van der Waals surface area contributed by atoms with Crippen molar-refractivity contribution in [3.63, 3.8) is 0 Å². The summed E-state index contributed by atoms with van der Waals surface area (Å²) in [7, 11) is 0. The SMILES string of the molecule is Clc1ccccc1-c1nc(CSc2nnnn2C2CCCCC2)no1. The molecule has 1 aliphatic carbocycles.